The van der Waals surface area contributed by atoms with Crippen molar-refractivity contribution in [1.82, 2.24) is 5.32 Å². The first-order valence-electron chi connectivity index (χ1n) is 5.44. The van der Waals surface area contributed by atoms with Gasteiger partial charge in [-0.2, -0.15) is 11.8 Å². The van der Waals surface area contributed by atoms with Crippen LogP contribution in [-0.4, -0.2) is 29.6 Å². The summed E-state index contributed by atoms with van der Waals surface area (Å²) < 4.78 is 0. The van der Waals surface area contributed by atoms with Crippen molar-refractivity contribution in [1.29, 1.82) is 0 Å². The van der Waals surface area contributed by atoms with Crippen molar-refractivity contribution >= 4 is 11.8 Å². The summed E-state index contributed by atoms with van der Waals surface area (Å²) in [6, 6.07) is 1.98. The second-order valence-electron chi connectivity index (χ2n) is 4.32. The fourth-order valence-corrected chi connectivity index (χ4v) is 3.47. The van der Waals surface area contributed by atoms with Crippen LogP contribution in [0.2, 0.25) is 0 Å². The molecule has 1 aliphatic heterocycles. The highest BCUT2D eigenvalue weighted by Gasteiger charge is 2.24. The summed E-state index contributed by atoms with van der Waals surface area (Å²) in [4.78, 5) is 0. The summed E-state index contributed by atoms with van der Waals surface area (Å²) in [5.74, 6) is 2.69. The summed E-state index contributed by atoms with van der Waals surface area (Å²) in [6.07, 6.45) is 6.43. The van der Waals surface area contributed by atoms with Crippen molar-refractivity contribution in [2.75, 3.05) is 11.5 Å². The Morgan fingerprint density at radius 3 is 2.38 bits per heavy atom. The van der Waals surface area contributed by atoms with Crippen LogP contribution in [0, 0.1) is 0 Å². The molecule has 0 aromatic rings. The molecule has 1 saturated heterocycles. The largest absolute Gasteiger partial charge is 0.328 e. The molecule has 3 N–H and O–H groups in total. The Bertz CT molecular complexity index is 154. The molecule has 0 amide bonds. The minimum Gasteiger partial charge on any atom is -0.328 e. The zero-order valence-electron chi connectivity index (χ0n) is 8.17. The maximum atomic E-state index is 5.89. The lowest BCUT2D eigenvalue weighted by Crippen LogP contribution is -2.39. The molecule has 2 nitrogen and oxygen atoms in total. The maximum Gasteiger partial charge on any atom is 0.00853 e. The molecule has 2 atom stereocenters. The van der Waals surface area contributed by atoms with Crippen LogP contribution in [-0.2, 0) is 0 Å². The van der Waals surface area contributed by atoms with E-state index in [2.05, 4.69) is 17.1 Å². The molecule has 13 heavy (non-hydrogen) atoms. The molecule has 2 rings (SSSR count). The zero-order chi connectivity index (χ0) is 9.10. The van der Waals surface area contributed by atoms with Crippen LogP contribution < -0.4 is 11.1 Å². The molecule has 2 aliphatic rings. The molecule has 2 unspecified atom stereocenters. The van der Waals surface area contributed by atoms with Crippen molar-refractivity contribution in [3.63, 3.8) is 0 Å². The third kappa shape index (κ3) is 2.86. The van der Waals surface area contributed by atoms with Crippen LogP contribution in [0.1, 0.15) is 32.1 Å². The summed E-state index contributed by atoms with van der Waals surface area (Å²) in [5.41, 5.74) is 5.89. The Morgan fingerprint density at radius 1 is 1.00 bits per heavy atom. The van der Waals surface area contributed by atoms with Gasteiger partial charge in [0.2, 0.25) is 0 Å². The van der Waals surface area contributed by atoms with E-state index in [0.29, 0.717) is 6.04 Å². The Kier molecular flexibility index (Phi) is 3.52. The average Bonchev–Trinajstić information content (AvgIpc) is 2.53. The van der Waals surface area contributed by atoms with Crippen molar-refractivity contribution in [2.45, 2.75) is 50.2 Å². The van der Waals surface area contributed by atoms with Crippen molar-refractivity contribution in [2.24, 2.45) is 5.73 Å². The number of nitrogens with one attached hydrogen (secondary N) is 1. The normalized spacial score (nSPS) is 36.7. The van der Waals surface area contributed by atoms with Gasteiger partial charge in [0, 0.05) is 18.1 Å². The molecular weight excluding hydrogens is 180 g/mol. The Hall–Kier alpha value is 0.270. The maximum absolute atomic E-state index is 5.89. The third-order valence-electron chi connectivity index (χ3n) is 3.17. The fourth-order valence-electron chi connectivity index (χ4n) is 2.37. The first-order valence-corrected chi connectivity index (χ1v) is 6.59. The van der Waals surface area contributed by atoms with Gasteiger partial charge in [0.15, 0.2) is 0 Å². The molecule has 0 aromatic carbocycles. The lowest BCUT2D eigenvalue weighted by atomic mass is 10.1. The molecule has 0 aromatic heterocycles. The SMILES string of the molecule is NC1CCC(NC2CCSCC2)C1. The summed E-state index contributed by atoms with van der Waals surface area (Å²) in [6.45, 7) is 0. The summed E-state index contributed by atoms with van der Waals surface area (Å²) in [7, 11) is 0. The van der Waals surface area contributed by atoms with Crippen molar-refractivity contribution in [3.8, 4) is 0 Å². The van der Waals surface area contributed by atoms with Gasteiger partial charge >= 0.3 is 0 Å². The van der Waals surface area contributed by atoms with E-state index in [4.69, 9.17) is 5.73 Å². The fraction of sp³-hybridized carbons (Fsp3) is 1.00. The average molecular weight is 200 g/mol. The van der Waals surface area contributed by atoms with E-state index >= 15 is 0 Å². The van der Waals surface area contributed by atoms with Crippen LogP contribution in [0.5, 0.6) is 0 Å². The van der Waals surface area contributed by atoms with Gasteiger partial charge in [-0.3, -0.25) is 0 Å². The molecule has 1 saturated carbocycles. The number of hydrogen-bond acceptors (Lipinski definition) is 3. The van der Waals surface area contributed by atoms with E-state index in [9.17, 15) is 0 Å². The molecule has 1 aliphatic carbocycles. The van der Waals surface area contributed by atoms with Crippen LogP contribution in [0.25, 0.3) is 0 Å². The van der Waals surface area contributed by atoms with Gasteiger partial charge in [0.05, 0.1) is 0 Å². The first-order chi connectivity index (χ1) is 6.34. The third-order valence-corrected chi connectivity index (χ3v) is 4.21. The number of nitrogens with two attached hydrogens (primary N) is 1. The predicted octanol–water partition coefficient (Wildman–Crippen LogP) is 1.35. The molecule has 0 radical (unpaired) electrons. The molecular formula is C10H20N2S. The molecule has 1 heterocycles. The van der Waals surface area contributed by atoms with Crippen molar-refractivity contribution in [3.05, 3.63) is 0 Å². The van der Waals surface area contributed by atoms with E-state index in [1.165, 1.54) is 43.6 Å². The Balaban J connectivity index is 1.71. The van der Waals surface area contributed by atoms with E-state index in [1.54, 1.807) is 0 Å². The zero-order valence-corrected chi connectivity index (χ0v) is 8.98. The van der Waals surface area contributed by atoms with E-state index in [-0.39, 0.29) is 0 Å². The highest BCUT2D eigenvalue weighted by atomic mass is 32.2. The van der Waals surface area contributed by atoms with Gasteiger partial charge in [0.1, 0.15) is 0 Å². The minimum absolute atomic E-state index is 0.468. The molecule has 76 valence electrons. The van der Waals surface area contributed by atoms with E-state index in [1.807, 2.05) is 0 Å². The predicted molar refractivity (Wildman–Crippen MR) is 59.1 cm³/mol. The molecule has 0 bridgehead atoms. The van der Waals surface area contributed by atoms with Crippen LogP contribution in [0.3, 0.4) is 0 Å². The number of hydrogen-bond donors (Lipinski definition) is 2. The van der Waals surface area contributed by atoms with Crippen molar-refractivity contribution < 1.29 is 0 Å². The Labute approximate surface area is 85.0 Å². The topological polar surface area (TPSA) is 38.0 Å². The lowest BCUT2D eigenvalue weighted by Gasteiger charge is -2.26. The van der Waals surface area contributed by atoms with Gasteiger partial charge in [-0.15, -0.1) is 0 Å². The second-order valence-corrected chi connectivity index (χ2v) is 5.55. The highest BCUT2D eigenvalue weighted by molar-refractivity contribution is 7.99. The van der Waals surface area contributed by atoms with Crippen LogP contribution in [0.4, 0.5) is 0 Å². The molecule has 3 heteroatoms. The van der Waals surface area contributed by atoms with Gasteiger partial charge in [0.25, 0.3) is 0 Å². The Morgan fingerprint density at radius 2 is 1.77 bits per heavy atom. The summed E-state index contributed by atoms with van der Waals surface area (Å²) in [5, 5.41) is 3.75. The second kappa shape index (κ2) is 4.67. The van der Waals surface area contributed by atoms with Gasteiger partial charge in [-0.25, -0.2) is 0 Å². The standard InChI is InChI=1S/C10H20N2S/c11-8-1-2-10(7-8)12-9-3-5-13-6-4-9/h8-10,12H,1-7,11H2. The van der Waals surface area contributed by atoms with Gasteiger partial charge in [-0.1, -0.05) is 0 Å². The first kappa shape index (κ1) is 9.81. The lowest BCUT2D eigenvalue weighted by molar-refractivity contribution is 0.407. The quantitative estimate of drug-likeness (QED) is 0.707. The number of thioether (sulfide) groups is 1. The monoisotopic (exact) mass is 200 g/mol. The van der Waals surface area contributed by atoms with Crippen LogP contribution >= 0.6 is 11.8 Å². The number of rotatable bonds is 2. The summed E-state index contributed by atoms with van der Waals surface area (Å²) >= 11 is 2.09. The smallest absolute Gasteiger partial charge is 0.00853 e. The van der Waals surface area contributed by atoms with E-state index in [0.717, 1.165) is 12.1 Å². The van der Waals surface area contributed by atoms with Gasteiger partial charge < -0.3 is 11.1 Å². The highest BCUT2D eigenvalue weighted by Crippen LogP contribution is 2.22. The van der Waals surface area contributed by atoms with Gasteiger partial charge in [-0.05, 0) is 43.6 Å². The minimum atomic E-state index is 0.468. The van der Waals surface area contributed by atoms with E-state index < -0.39 is 0 Å². The molecule has 2 fully saturated rings. The molecule has 0 spiro atoms. The van der Waals surface area contributed by atoms with Crippen LogP contribution in [0.15, 0.2) is 0 Å².